The van der Waals surface area contributed by atoms with Gasteiger partial charge in [-0.15, -0.1) is 10.2 Å². The summed E-state index contributed by atoms with van der Waals surface area (Å²) in [5, 5.41) is 18.5. The van der Waals surface area contributed by atoms with E-state index in [0.717, 1.165) is 11.1 Å². The number of rotatable bonds is 6. The molecule has 0 atom stereocenters. The van der Waals surface area contributed by atoms with E-state index in [9.17, 15) is 19.7 Å². The number of nitrogens with zero attached hydrogens (tertiary/aromatic N) is 3. The molecule has 0 spiro atoms. The Morgan fingerprint density at radius 3 is 2.38 bits per heavy atom. The van der Waals surface area contributed by atoms with E-state index in [-0.39, 0.29) is 24.1 Å². The molecule has 0 fully saturated rings. The third-order valence-electron chi connectivity index (χ3n) is 3.99. The number of carbonyl (C=O) groups excluding carboxylic acids is 2. The second-order valence-corrected chi connectivity index (χ2v) is 6.17. The molecular weight excluding hydrogens is 378 g/mol. The molecule has 1 heterocycles. The summed E-state index contributed by atoms with van der Waals surface area (Å²) in [7, 11) is 0. The first kappa shape index (κ1) is 19.7. The Kier molecular flexibility index (Phi) is 5.93. The van der Waals surface area contributed by atoms with E-state index < -0.39 is 16.7 Å². The second kappa shape index (κ2) is 8.74. The largest absolute Gasteiger partial charge is 0.421 e. The summed E-state index contributed by atoms with van der Waals surface area (Å²) in [6.45, 7) is 1.97. The van der Waals surface area contributed by atoms with Crippen LogP contribution in [0.5, 0.6) is 0 Å². The number of hydrazine groups is 1. The van der Waals surface area contributed by atoms with E-state index in [4.69, 9.17) is 4.42 Å². The Hall–Kier alpha value is -4.08. The lowest BCUT2D eigenvalue weighted by atomic mass is 10.1. The average Bonchev–Trinajstić information content (AvgIpc) is 3.20. The molecule has 10 nitrogen and oxygen atoms in total. The third kappa shape index (κ3) is 5.22. The molecule has 0 saturated heterocycles. The molecule has 10 heteroatoms. The van der Waals surface area contributed by atoms with Crippen LogP contribution in [0.1, 0.15) is 28.2 Å². The van der Waals surface area contributed by atoms with Crippen LogP contribution in [0.25, 0.3) is 11.5 Å². The standard InChI is InChI=1S/C19H17N5O5/c1-12-2-4-14(5-3-12)19-23-21-17(29-19)11-10-16(25)20-22-18(26)13-6-8-15(9-7-13)24(27)28/h2-9H,10-11H2,1H3,(H,20,25)(H,22,26). The van der Waals surface area contributed by atoms with Gasteiger partial charge in [0, 0.05) is 36.1 Å². The molecular formula is C19H17N5O5. The lowest BCUT2D eigenvalue weighted by Gasteiger charge is -2.06. The molecule has 3 aromatic rings. The van der Waals surface area contributed by atoms with Crippen LogP contribution in [0.2, 0.25) is 0 Å². The minimum atomic E-state index is -0.590. The molecule has 0 aliphatic carbocycles. The molecule has 2 N–H and O–H groups in total. The Morgan fingerprint density at radius 1 is 1.03 bits per heavy atom. The van der Waals surface area contributed by atoms with Gasteiger partial charge in [0.25, 0.3) is 11.6 Å². The van der Waals surface area contributed by atoms with Crippen molar-refractivity contribution in [1.82, 2.24) is 21.0 Å². The van der Waals surface area contributed by atoms with Crippen molar-refractivity contribution in [3.8, 4) is 11.5 Å². The van der Waals surface area contributed by atoms with Crippen LogP contribution in [0.15, 0.2) is 52.9 Å². The van der Waals surface area contributed by atoms with Crippen molar-refractivity contribution in [2.45, 2.75) is 19.8 Å². The summed E-state index contributed by atoms with van der Waals surface area (Å²) in [5.41, 5.74) is 6.46. The van der Waals surface area contributed by atoms with Crippen LogP contribution in [-0.2, 0) is 11.2 Å². The molecule has 0 bridgehead atoms. The lowest BCUT2D eigenvalue weighted by Crippen LogP contribution is -2.41. The summed E-state index contributed by atoms with van der Waals surface area (Å²) in [6, 6.07) is 12.6. The highest BCUT2D eigenvalue weighted by molar-refractivity contribution is 5.95. The van der Waals surface area contributed by atoms with Crippen LogP contribution in [0.4, 0.5) is 5.69 Å². The average molecular weight is 395 g/mol. The minimum absolute atomic E-state index is 0.0239. The number of amides is 2. The molecule has 0 unspecified atom stereocenters. The monoisotopic (exact) mass is 395 g/mol. The molecule has 2 aromatic carbocycles. The molecule has 0 radical (unpaired) electrons. The van der Waals surface area contributed by atoms with Crippen LogP contribution >= 0.6 is 0 Å². The third-order valence-corrected chi connectivity index (χ3v) is 3.99. The number of non-ortho nitro benzene ring substituents is 1. The summed E-state index contributed by atoms with van der Waals surface area (Å²) in [4.78, 5) is 33.9. The van der Waals surface area contributed by atoms with E-state index in [1.54, 1.807) is 0 Å². The number of benzene rings is 2. The Balaban J connectivity index is 1.47. The van der Waals surface area contributed by atoms with Gasteiger partial charge in [-0.25, -0.2) is 0 Å². The lowest BCUT2D eigenvalue weighted by molar-refractivity contribution is -0.384. The van der Waals surface area contributed by atoms with Crippen molar-refractivity contribution in [3.05, 3.63) is 75.7 Å². The number of hydrogen-bond acceptors (Lipinski definition) is 7. The summed E-state index contributed by atoms with van der Waals surface area (Å²) >= 11 is 0. The van der Waals surface area contributed by atoms with Gasteiger partial charge in [-0.1, -0.05) is 17.7 Å². The van der Waals surface area contributed by atoms with Crippen molar-refractivity contribution >= 4 is 17.5 Å². The molecule has 148 valence electrons. The SMILES string of the molecule is Cc1ccc(-c2nnc(CCC(=O)NNC(=O)c3ccc([N+](=O)[O-])cc3)o2)cc1. The molecule has 0 aliphatic rings. The minimum Gasteiger partial charge on any atom is -0.421 e. The molecule has 29 heavy (non-hydrogen) atoms. The maximum atomic E-state index is 12.0. The first-order chi connectivity index (χ1) is 13.9. The number of nitrogens with one attached hydrogen (secondary N) is 2. The van der Waals surface area contributed by atoms with Gasteiger partial charge >= 0.3 is 0 Å². The fourth-order valence-electron chi connectivity index (χ4n) is 2.38. The van der Waals surface area contributed by atoms with E-state index in [0.29, 0.717) is 11.8 Å². The fraction of sp³-hybridized carbons (Fsp3) is 0.158. The number of aromatic nitrogens is 2. The van der Waals surface area contributed by atoms with Crippen molar-refractivity contribution in [1.29, 1.82) is 0 Å². The smallest absolute Gasteiger partial charge is 0.269 e. The number of nitro groups is 1. The predicted octanol–water partition coefficient (Wildman–Crippen LogP) is 2.35. The van der Waals surface area contributed by atoms with E-state index >= 15 is 0 Å². The van der Waals surface area contributed by atoms with Crippen molar-refractivity contribution in [3.63, 3.8) is 0 Å². The quantitative estimate of drug-likeness (QED) is 0.482. The molecule has 3 rings (SSSR count). The number of nitro benzene ring substituents is 1. The normalized spacial score (nSPS) is 10.4. The Bertz CT molecular complexity index is 1030. The van der Waals surface area contributed by atoms with Crippen LogP contribution in [0.3, 0.4) is 0 Å². The molecule has 1 aromatic heterocycles. The zero-order valence-corrected chi connectivity index (χ0v) is 15.4. The van der Waals surface area contributed by atoms with Crippen LogP contribution in [0, 0.1) is 17.0 Å². The molecule has 0 aliphatic heterocycles. The van der Waals surface area contributed by atoms with Gasteiger partial charge in [0.15, 0.2) is 0 Å². The first-order valence-corrected chi connectivity index (χ1v) is 8.65. The highest BCUT2D eigenvalue weighted by Crippen LogP contribution is 2.18. The van der Waals surface area contributed by atoms with Gasteiger partial charge in [0.05, 0.1) is 4.92 Å². The molecule has 0 saturated carbocycles. The predicted molar refractivity (Wildman–Crippen MR) is 101 cm³/mol. The Labute approximate surface area is 165 Å². The summed E-state index contributed by atoms with van der Waals surface area (Å²) in [6.07, 6.45) is 0.230. The fourth-order valence-corrected chi connectivity index (χ4v) is 2.38. The molecule has 2 amide bonds. The van der Waals surface area contributed by atoms with Crippen LogP contribution < -0.4 is 10.9 Å². The zero-order chi connectivity index (χ0) is 20.8. The van der Waals surface area contributed by atoms with Gasteiger partial charge in [0.1, 0.15) is 0 Å². The maximum absolute atomic E-state index is 12.0. The summed E-state index contributed by atoms with van der Waals surface area (Å²) < 4.78 is 5.54. The van der Waals surface area contributed by atoms with Crippen molar-refractivity contribution < 1.29 is 18.9 Å². The maximum Gasteiger partial charge on any atom is 0.269 e. The van der Waals surface area contributed by atoms with Crippen LogP contribution in [-0.4, -0.2) is 26.9 Å². The van der Waals surface area contributed by atoms with E-state index in [1.165, 1.54) is 24.3 Å². The van der Waals surface area contributed by atoms with Crippen molar-refractivity contribution in [2.75, 3.05) is 0 Å². The second-order valence-electron chi connectivity index (χ2n) is 6.17. The Morgan fingerprint density at radius 2 is 1.72 bits per heavy atom. The van der Waals surface area contributed by atoms with Gasteiger partial charge in [0.2, 0.25) is 17.7 Å². The highest BCUT2D eigenvalue weighted by Gasteiger charge is 2.13. The van der Waals surface area contributed by atoms with E-state index in [1.807, 2.05) is 31.2 Å². The van der Waals surface area contributed by atoms with Gasteiger partial charge in [-0.3, -0.25) is 30.6 Å². The topological polar surface area (TPSA) is 140 Å². The number of aryl methyl sites for hydroxylation is 2. The first-order valence-electron chi connectivity index (χ1n) is 8.65. The van der Waals surface area contributed by atoms with Gasteiger partial charge in [-0.05, 0) is 31.2 Å². The zero-order valence-electron chi connectivity index (χ0n) is 15.4. The summed E-state index contributed by atoms with van der Waals surface area (Å²) in [5.74, 6) is -0.368. The highest BCUT2D eigenvalue weighted by atomic mass is 16.6. The van der Waals surface area contributed by atoms with E-state index in [2.05, 4.69) is 21.0 Å². The number of hydrogen-bond donors (Lipinski definition) is 2. The van der Waals surface area contributed by atoms with Gasteiger partial charge in [-0.2, -0.15) is 0 Å². The number of carbonyl (C=O) groups is 2. The van der Waals surface area contributed by atoms with Gasteiger partial charge < -0.3 is 4.42 Å². The van der Waals surface area contributed by atoms with Crippen molar-refractivity contribution in [2.24, 2.45) is 0 Å².